The standard InChI is InChI=1S/C13H27N/c1-4-7-11(2)10-14-13-9-6-5-8-12(13)3/h11-14H,4-10H2,1-3H3. The van der Waals surface area contributed by atoms with E-state index in [0.717, 1.165) is 17.9 Å². The molecule has 0 heterocycles. The van der Waals surface area contributed by atoms with Gasteiger partial charge in [0, 0.05) is 6.04 Å². The first-order valence-corrected chi connectivity index (χ1v) is 6.47. The van der Waals surface area contributed by atoms with Gasteiger partial charge in [-0.05, 0) is 37.6 Å². The SMILES string of the molecule is CCCC(C)CNC1CCCCC1C. The van der Waals surface area contributed by atoms with Crippen molar-refractivity contribution in [3.8, 4) is 0 Å². The summed E-state index contributed by atoms with van der Waals surface area (Å²) in [6.07, 6.45) is 8.41. The summed E-state index contributed by atoms with van der Waals surface area (Å²) >= 11 is 0. The van der Waals surface area contributed by atoms with Gasteiger partial charge in [0.2, 0.25) is 0 Å². The minimum absolute atomic E-state index is 0.808. The molecule has 3 unspecified atom stereocenters. The molecule has 1 nitrogen and oxygen atoms in total. The Bertz CT molecular complexity index is 144. The molecular formula is C13H27N. The molecule has 84 valence electrons. The normalized spacial score (nSPS) is 30.2. The maximum atomic E-state index is 3.76. The second-order valence-electron chi connectivity index (χ2n) is 5.17. The van der Waals surface area contributed by atoms with Gasteiger partial charge in [-0.15, -0.1) is 0 Å². The Balaban J connectivity index is 2.15. The fourth-order valence-electron chi connectivity index (χ4n) is 2.57. The summed E-state index contributed by atoms with van der Waals surface area (Å²) in [5, 5.41) is 3.76. The van der Waals surface area contributed by atoms with Crippen LogP contribution in [-0.2, 0) is 0 Å². The molecule has 1 heteroatoms. The molecule has 0 aromatic carbocycles. The Hall–Kier alpha value is -0.0400. The Labute approximate surface area is 89.7 Å². The van der Waals surface area contributed by atoms with Crippen molar-refractivity contribution in [1.82, 2.24) is 5.32 Å². The van der Waals surface area contributed by atoms with Crippen molar-refractivity contribution in [2.24, 2.45) is 11.8 Å². The molecule has 0 radical (unpaired) electrons. The van der Waals surface area contributed by atoms with E-state index < -0.39 is 0 Å². The first-order valence-electron chi connectivity index (χ1n) is 6.47. The van der Waals surface area contributed by atoms with Crippen LogP contribution in [0.5, 0.6) is 0 Å². The van der Waals surface area contributed by atoms with Crippen molar-refractivity contribution in [3.63, 3.8) is 0 Å². The molecule has 0 aliphatic heterocycles. The van der Waals surface area contributed by atoms with Crippen molar-refractivity contribution < 1.29 is 0 Å². The average Bonchev–Trinajstić information content (AvgIpc) is 2.17. The molecule has 0 spiro atoms. The molecule has 0 aromatic rings. The average molecular weight is 197 g/mol. The summed E-state index contributed by atoms with van der Waals surface area (Å²) in [5.74, 6) is 1.76. The molecule has 1 aliphatic rings. The fourth-order valence-corrected chi connectivity index (χ4v) is 2.57. The lowest BCUT2D eigenvalue weighted by atomic mass is 9.85. The van der Waals surface area contributed by atoms with Crippen LogP contribution in [-0.4, -0.2) is 12.6 Å². The van der Waals surface area contributed by atoms with Gasteiger partial charge in [0.05, 0.1) is 0 Å². The van der Waals surface area contributed by atoms with Crippen LogP contribution in [0, 0.1) is 11.8 Å². The summed E-state index contributed by atoms with van der Waals surface area (Å²) in [4.78, 5) is 0. The van der Waals surface area contributed by atoms with Gasteiger partial charge >= 0.3 is 0 Å². The molecule has 3 atom stereocenters. The van der Waals surface area contributed by atoms with E-state index in [-0.39, 0.29) is 0 Å². The van der Waals surface area contributed by atoms with Gasteiger partial charge in [0.15, 0.2) is 0 Å². The third-order valence-corrected chi connectivity index (χ3v) is 3.62. The van der Waals surface area contributed by atoms with Crippen molar-refractivity contribution >= 4 is 0 Å². The molecule has 0 bridgehead atoms. The molecular weight excluding hydrogens is 170 g/mol. The number of hydrogen-bond donors (Lipinski definition) is 1. The number of hydrogen-bond acceptors (Lipinski definition) is 1. The van der Waals surface area contributed by atoms with Gasteiger partial charge in [-0.1, -0.05) is 40.0 Å². The third-order valence-electron chi connectivity index (χ3n) is 3.62. The molecule has 1 fully saturated rings. The van der Waals surface area contributed by atoms with E-state index in [2.05, 4.69) is 26.1 Å². The molecule has 0 amide bonds. The van der Waals surface area contributed by atoms with Crippen molar-refractivity contribution in [3.05, 3.63) is 0 Å². The second-order valence-corrected chi connectivity index (χ2v) is 5.17. The van der Waals surface area contributed by atoms with Gasteiger partial charge in [0.1, 0.15) is 0 Å². The minimum Gasteiger partial charge on any atom is -0.313 e. The van der Waals surface area contributed by atoms with Crippen LogP contribution < -0.4 is 5.32 Å². The Kier molecular flexibility index (Phi) is 5.54. The lowest BCUT2D eigenvalue weighted by Gasteiger charge is -2.30. The van der Waals surface area contributed by atoms with E-state index in [9.17, 15) is 0 Å². The van der Waals surface area contributed by atoms with Crippen molar-refractivity contribution in [2.45, 2.75) is 65.3 Å². The molecule has 1 N–H and O–H groups in total. The van der Waals surface area contributed by atoms with Gasteiger partial charge in [-0.25, -0.2) is 0 Å². The van der Waals surface area contributed by atoms with E-state index in [4.69, 9.17) is 0 Å². The van der Waals surface area contributed by atoms with Crippen LogP contribution in [0.2, 0.25) is 0 Å². The van der Waals surface area contributed by atoms with Crippen LogP contribution >= 0.6 is 0 Å². The lowest BCUT2D eigenvalue weighted by Crippen LogP contribution is -2.39. The van der Waals surface area contributed by atoms with Gasteiger partial charge < -0.3 is 5.32 Å². The topological polar surface area (TPSA) is 12.0 Å². The van der Waals surface area contributed by atoms with Crippen molar-refractivity contribution in [2.75, 3.05) is 6.54 Å². The molecule has 0 saturated heterocycles. The monoisotopic (exact) mass is 197 g/mol. The number of rotatable bonds is 5. The smallest absolute Gasteiger partial charge is 0.00928 e. The maximum Gasteiger partial charge on any atom is 0.00928 e. The van der Waals surface area contributed by atoms with E-state index in [1.54, 1.807) is 0 Å². The zero-order valence-corrected chi connectivity index (χ0v) is 10.2. The highest BCUT2D eigenvalue weighted by Crippen LogP contribution is 2.23. The van der Waals surface area contributed by atoms with Crippen LogP contribution in [0.4, 0.5) is 0 Å². The minimum atomic E-state index is 0.808. The lowest BCUT2D eigenvalue weighted by molar-refractivity contribution is 0.268. The highest BCUT2D eigenvalue weighted by atomic mass is 14.9. The summed E-state index contributed by atoms with van der Waals surface area (Å²) in [6, 6.07) is 0.808. The Morgan fingerprint density at radius 1 is 1.29 bits per heavy atom. The predicted molar refractivity (Wildman–Crippen MR) is 63.5 cm³/mol. The zero-order chi connectivity index (χ0) is 10.4. The first kappa shape index (κ1) is 12.0. The summed E-state index contributed by atoms with van der Waals surface area (Å²) in [6.45, 7) is 8.27. The summed E-state index contributed by atoms with van der Waals surface area (Å²) in [7, 11) is 0. The summed E-state index contributed by atoms with van der Waals surface area (Å²) in [5.41, 5.74) is 0. The quantitative estimate of drug-likeness (QED) is 0.710. The van der Waals surface area contributed by atoms with Gasteiger partial charge in [-0.3, -0.25) is 0 Å². The van der Waals surface area contributed by atoms with Crippen LogP contribution in [0.3, 0.4) is 0 Å². The highest BCUT2D eigenvalue weighted by molar-refractivity contribution is 4.78. The van der Waals surface area contributed by atoms with Crippen LogP contribution in [0.15, 0.2) is 0 Å². The Morgan fingerprint density at radius 3 is 2.64 bits per heavy atom. The predicted octanol–water partition coefficient (Wildman–Crippen LogP) is 3.59. The van der Waals surface area contributed by atoms with Crippen LogP contribution in [0.1, 0.15) is 59.3 Å². The van der Waals surface area contributed by atoms with E-state index in [1.165, 1.54) is 45.1 Å². The molecule has 0 aromatic heterocycles. The fraction of sp³-hybridized carbons (Fsp3) is 1.00. The van der Waals surface area contributed by atoms with E-state index in [0.29, 0.717) is 0 Å². The molecule has 1 saturated carbocycles. The van der Waals surface area contributed by atoms with Crippen molar-refractivity contribution in [1.29, 1.82) is 0 Å². The Morgan fingerprint density at radius 2 is 2.00 bits per heavy atom. The van der Waals surface area contributed by atoms with E-state index in [1.807, 2.05) is 0 Å². The first-order chi connectivity index (χ1) is 6.74. The second kappa shape index (κ2) is 6.44. The van der Waals surface area contributed by atoms with Gasteiger partial charge in [-0.2, -0.15) is 0 Å². The largest absolute Gasteiger partial charge is 0.313 e. The third kappa shape index (κ3) is 4.00. The molecule has 1 aliphatic carbocycles. The zero-order valence-electron chi connectivity index (χ0n) is 10.2. The van der Waals surface area contributed by atoms with E-state index >= 15 is 0 Å². The number of nitrogens with one attached hydrogen (secondary N) is 1. The maximum absolute atomic E-state index is 3.76. The highest BCUT2D eigenvalue weighted by Gasteiger charge is 2.20. The molecule has 14 heavy (non-hydrogen) atoms. The summed E-state index contributed by atoms with van der Waals surface area (Å²) < 4.78 is 0. The van der Waals surface area contributed by atoms with Gasteiger partial charge in [0.25, 0.3) is 0 Å². The van der Waals surface area contributed by atoms with Crippen LogP contribution in [0.25, 0.3) is 0 Å². The molecule has 1 rings (SSSR count).